The topological polar surface area (TPSA) is 226 Å². The van der Waals surface area contributed by atoms with E-state index in [-0.39, 0.29) is 54.2 Å². The molecular weight excluding hydrogens is 774 g/mol. The van der Waals surface area contributed by atoms with Gasteiger partial charge in [-0.1, -0.05) is 6.92 Å². The largest absolute Gasteiger partial charge is 0.507 e. The monoisotopic (exact) mass is 825 g/mol. The Morgan fingerprint density at radius 2 is 1.53 bits per heavy atom. The molecule has 4 heterocycles. The quantitative estimate of drug-likeness (QED) is 0.198. The molecule has 17 nitrogen and oxygen atoms in total. The lowest BCUT2D eigenvalue weighted by Crippen LogP contribution is -2.62. The lowest BCUT2D eigenvalue weighted by atomic mass is 9.67. The van der Waals surface area contributed by atoms with Gasteiger partial charge in [0.25, 0.3) is 0 Å². The first-order valence-electron chi connectivity index (χ1n) is 20.1. The van der Waals surface area contributed by atoms with Crippen LogP contribution >= 0.6 is 0 Å². The summed E-state index contributed by atoms with van der Waals surface area (Å²) in [5, 5.41) is 45.4. The second kappa shape index (κ2) is 15.5. The van der Waals surface area contributed by atoms with Crippen molar-refractivity contribution in [2.24, 2.45) is 0 Å². The highest BCUT2D eigenvalue weighted by Gasteiger charge is 2.55. The van der Waals surface area contributed by atoms with Gasteiger partial charge >= 0.3 is 5.97 Å². The van der Waals surface area contributed by atoms with E-state index in [1.165, 1.54) is 6.07 Å². The van der Waals surface area contributed by atoms with Crippen LogP contribution in [-0.2, 0) is 47.5 Å². The summed E-state index contributed by atoms with van der Waals surface area (Å²) in [6.45, 7) is 7.07. The number of likely N-dealkylation sites (N-methyl/N-ethyl adjacent to an activating group) is 1. The van der Waals surface area contributed by atoms with Crippen LogP contribution in [0.2, 0.25) is 0 Å². The number of phenols is 3. The van der Waals surface area contributed by atoms with E-state index in [0.29, 0.717) is 6.42 Å². The summed E-state index contributed by atoms with van der Waals surface area (Å²) in [5.41, 5.74) is -3.51. The maximum atomic E-state index is 14.0. The Bertz CT molecular complexity index is 2050. The van der Waals surface area contributed by atoms with Crippen LogP contribution in [0.1, 0.15) is 115 Å². The molecule has 4 fully saturated rings. The summed E-state index contributed by atoms with van der Waals surface area (Å²) < 4.78 is 49.5. The van der Waals surface area contributed by atoms with Gasteiger partial charge in [-0.05, 0) is 65.0 Å². The summed E-state index contributed by atoms with van der Waals surface area (Å²) in [6, 6.07) is 3.08. The number of methoxy groups -OCH3 is 1. The summed E-state index contributed by atoms with van der Waals surface area (Å²) >= 11 is 0. The minimum absolute atomic E-state index is 0.00735. The SMILES string of the molecule is CC[C@@]1(O)C[C@H](O[C@H]2C[C@H](N(C)C)[C@@H](O[C@H]3C[C@@H]4O[C@@H]5CC(=O)[C@H](C)O[C@@H]5O[C@H]4[C@H](C)O3)[C@H](C)O2)c2c(cc3c(c2O)C(=O)c2c(O)ccc(O)c2C3=O)[C@H]1C(=O)OC. The third-order valence-electron chi connectivity index (χ3n) is 12.9. The number of carbonyl (C=O) groups is 4. The summed E-state index contributed by atoms with van der Waals surface area (Å²) in [6.07, 6.45) is -6.48. The highest BCUT2D eigenvalue weighted by Crippen LogP contribution is 2.54. The van der Waals surface area contributed by atoms with Gasteiger partial charge in [0.15, 0.2) is 30.4 Å². The minimum atomic E-state index is -1.80. The molecule has 2 aromatic carbocycles. The molecule has 8 rings (SSSR count). The second-order valence-corrected chi connectivity index (χ2v) is 16.7. The fraction of sp³-hybridized carbons (Fsp3) is 0.619. The van der Waals surface area contributed by atoms with E-state index in [4.69, 9.17) is 37.9 Å². The van der Waals surface area contributed by atoms with Crippen molar-refractivity contribution in [1.82, 2.24) is 4.90 Å². The molecule has 4 aliphatic heterocycles. The molecule has 2 aliphatic carbocycles. The van der Waals surface area contributed by atoms with Crippen molar-refractivity contribution in [2.75, 3.05) is 21.2 Å². The number of fused-ring (bicyclic) bond motifs is 5. The van der Waals surface area contributed by atoms with Crippen LogP contribution in [0.15, 0.2) is 18.2 Å². The Kier molecular flexibility index (Phi) is 10.9. The summed E-state index contributed by atoms with van der Waals surface area (Å²) in [4.78, 5) is 55.7. The fourth-order valence-electron chi connectivity index (χ4n) is 9.77. The van der Waals surface area contributed by atoms with Gasteiger partial charge in [-0.25, -0.2) is 0 Å². The van der Waals surface area contributed by atoms with Crippen LogP contribution in [0.5, 0.6) is 17.2 Å². The molecule has 320 valence electrons. The van der Waals surface area contributed by atoms with Crippen molar-refractivity contribution in [3.63, 3.8) is 0 Å². The zero-order valence-electron chi connectivity index (χ0n) is 33.9. The molecule has 0 bridgehead atoms. The first-order chi connectivity index (χ1) is 28.0. The lowest BCUT2D eigenvalue weighted by molar-refractivity contribution is -0.371. The molecule has 0 aromatic heterocycles. The predicted molar refractivity (Wildman–Crippen MR) is 201 cm³/mol. The second-order valence-electron chi connectivity index (χ2n) is 16.7. The van der Waals surface area contributed by atoms with E-state index in [1.807, 2.05) is 32.8 Å². The number of aromatic hydroxyl groups is 3. The predicted octanol–water partition coefficient (Wildman–Crippen LogP) is 2.88. The average Bonchev–Trinajstić information content (AvgIpc) is 3.18. The molecule has 0 unspecified atom stereocenters. The van der Waals surface area contributed by atoms with Crippen molar-refractivity contribution < 1.29 is 77.5 Å². The zero-order chi connectivity index (χ0) is 42.4. The molecule has 17 heteroatoms. The van der Waals surface area contributed by atoms with E-state index >= 15 is 0 Å². The number of hydrogen-bond acceptors (Lipinski definition) is 17. The number of carbonyl (C=O) groups excluding carboxylic acids is 4. The van der Waals surface area contributed by atoms with E-state index in [2.05, 4.69) is 0 Å². The Labute approximate surface area is 340 Å². The number of esters is 1. The van der Waals surface area contributed by atoms with Gasteiger partial charge in [0, 0.05) is 42.9 Å². The number of ether oxygens (including phenoxy) is 8. The molecular formula is C42H51NO16. The summed E-state index contributed by atoms with van der Waals surface area (Å²) in [5.74, 6) is -5.88. The third kappa shape index (κ3) is 6.93. The third-order valence-corrected chi connectivity index (χ3v) is 12.9. The molecule has 59 heavy (non-hydrogen) atoms. The van der Waals surface area contributed by atoms with E-state index in [0.717, 1.165) is 19.2 Å². The maximum Gasteiger partial charge on any atom is 0.316 e. The fourth-order valence-corrected chi connectivity index (χ4v) is 9.77. The van der Waals surface area contributed by atoms with E-state index in [9.17, 15) is 39.6 Å². The van der Waals surface area contributed by atoms with Crippen LogP contribution in [0.3, 0.4) is 0 Å². The Balaban J connectivity index is 1.07. The van der Waals surface area contributed by atoms with Gasteiger partial charge in [0.2, 0.25) is 5.78 Å². The van der Waals surface area contributed by atoms with Crippen LogP contribution in [-0.4, -0.2) is 143 Å². The van der Waals surface area contributed by atoms with Crippen molar-refractivity contribution >= 4 is 23.3 Å². The Morgan fingerprint density at radius 1 is 0.864 bits per heavy atom. The summed E-state index contributed by atoms with van der Waals surface area (Å²) in [7, 11) is 4.92. The smallest absolute Gasteiger partial charge is 0.316 e. The van der Waals surface area contributed by atoms with Crippen LogP contribution in [0, 0.1) is 0 Å². The van der Waals surface area contributed by atoms with Crippen LogP contribution in [0.4, 0.5) is 0 Å². The molecule has 6 aliphatic rings. The zero-order valence-corrected chi connectivity index (χ0v) is 33.9. The number of benzene rings is 2. The normalized spacial score (nSPS) is 37.8. The minimum Gasteiger partial charge on any atom is -0.507 e. The van der Waals surface area contributed by atoms with Gasteiger partial charge in [-0.3, -0.25) is 19.2 Å². The number of aliphatic hydroxyl groups is 1. The highest BCUT2D eigenvalue weighted by atomic mass is 16.8. The van der Waals surface area contributed by atoms with Gasteiger partial charge in [0.1, 0.15) is 47.6 Å². The van der Waals surface area contributed by atoms with Crippen molar-refractivity contribution in [3.05, 3.63) is 51.6 Å². The Morgan fingerprint density at radius 3 is 2.19 bits per heavy atom. The van der Waals surface area contributed by atoms with Crippen molar-refractivity contribution in [1.29, 1.82) is 0 Å². The maximum absolute atomic E-state index is 14.0. The molecule has 4 saturated heterocycles. The van der Waals surface area contributed by atoms with Gasteiger partial charge in [-0.2, -0.15) is 0 Å². The number of rotatable bonds is 7. The molecule has 4 N–H and O–H groups in total. The van der Waals surface area contributed by atoms with Gasteiger partial charge in [-0.15, -0.1) is 0 Å². The number of nitrogens with zero attached hydrogens (tertiary/aromatic N) is 1. The molecule has 0 radical (unpaired) electrons. The molecule has 2 aromatic rings. The average molecular weight is 826 g/mol. The number of phenolic OH excluding ortho intramolecular Hbond substituents is 3. The first kappa shape index (κ1) is 41.7. The van der Waals surface area contributed by atoms with E-state index < -0.39 is 131 Å². The molecule has 14 atom stereocenters. The lowest BCUT2D eigenvalue weighted by Gasteiger charge is -2.51. The molecule has 0 spiro atoms. The van der Waals surface area contributed by atoms with Crippen LogP contribution in [0.25, 0.3) is 0 Å². The van der Waals surface area contributed by atoms with Crippen LogP contribution < -0.4 is 0 Å². The molecule has 0 saturated carbocycles. The van der Waals surface area contributed by atoms with Gasteiger partial charge in [0.05, 0.1) is 53.8 Å². The number of hydrogen-bond donors (Lipinski definition) is 4. The number of ketones is 3. The van der Waals surface area contributed by atoms with Crippen molar-refractivity contribution in [2.45, 2.75) is 145 Å². The highest BCUT2D eigenvalue weighted by molar-refractivity contribution is 6.31. The first-order valence-corrected chi connectivity index (χ1v) is 20.1. The molecule has 0 amide bonds. The number of Topliss-reactive ketones (excluding diaryl/α,β-unsaturated/α-hetero) is 1. The van der Waals surface area contributed by atoms with E-state index in [1.54, 1.807) is 13.8 Å². The Hall–Kier alpha value is -4.04. The van der Waals surface area contributed by atoms with Crippen molar-refractivity contribution in [3.8, 4) is 17.2 Å². The van der Waals surface area contributed by atoms with Gasteiger partial charge < -0.3 is 63.2 Å². The standard InChI is InChI=1S/C42H51NO16/c1-8-42(51)15-27(30-19(34(42)40(50)52-7)11-20-31(36(30)48)37(49)33-23(45)10-9-22(44)32(33)35(20)47)57-28-12-21(43(5)6)38(17(3)53-28)58-29-14-25-39(18(4)54-29)59-41-26(56-25)13-24(46)16(2)55-41/h9-11,16-18,21,25-29,34,38-39,41,44-45,48,51H,8,12-15H2,1-7H3/t16-,17-,18-,21-,25-,26+,27-,28-,29-,34-,38-,39-,41+,42+/m0/s1.